The van der Waals surface area contributed by atoms with Gasteiger partial charge in [0.2, 0.25) is 0 Å². The Morgan fingerprint density at radius 1 is 1.18 bits per heavy atom. The number of fused-ring (bicyclic) bond motifs is 2. The Kier molecular flexibility index (Phi) is 4.77. The lowest BCUT2D eigenvalue weighted by Crippen LogP contribution is -2.32. The van der Waals surface area contributed by atoms with Crippen molar-refractivity contribution in [1.82, 2.24) is 5.32 Å². The summed E-state index contributed by atoms with van der Waals surface area (Å²) in [7, 11) is 0. The van der Waals surface area contributed by atoms with E-state index in [1.54, 1.807) is 0 Å². The molecule has 1 amide bonds. The van der Waals surface area contributed by atoms with Gasteiger partial charge in [0.1, 0.15) is 0 Å². The Balaban J connectivity index is 1.51. The fourth-order valence-corrected chi connectivity index (χ4v) is 5.56. The van der Waals surface area contributed by atoms with Crippen LogP contribution in [-0.2, 0) is 4.79 Å². The first-order valence-corrected chi connectivity index (χ1v) is 11.0. The molecule has 5 heteroatoms. The van der Waals surface area contributed by atoms with Crippen molar-refractivity contribution in [1.29, 1.82) is 0 Å². The Labute approximate surface area is 172 Å². The molecule has 0 unspecified atom stereocenters. The van der Waals surface area contributed by atoms with Crippen LogP contribution in [0.1, 0.15) is 70.9 Å². The predicted octanol–water partition coefficient (Wildman–Crippen LogP) is 5.57. The molecular weight excluding hydrogens is 366 g/mol. The number of amidine groups is 1. The highest BCUT2D eigenvalue weighted by Crippen LogP contribution is 2.64. The monoisotopic (exact) mass is 395 g/mol. The molecule has 1 aromatic rings. The summed E-state index contributed by atoms with van der Waals surface area (Å²) in [4.78, 5) is 13.0. The second kappa shape index (κ2) is 6.87. The van der Waals surface area contributed by atoms with Crippen LogP contribution in [0, 0.1) is 16.7 Å². The zero-order valence-corrected chi connectivity index (χ0v) is 18.2. The third kappa shape index (κ3) is 3.14. The van der Waals surface area contributed by atoms with Crippen molar-refractivity contribution < 1.29 is 4.79 Å². The Bertz CT molecular complexity index is 895. The third-order valence-corrected chi connectivity index (χ3v) is 8.23. The Morgan fingerprint density at radius 3 is 2.46 bits per heavy atom. The van der Waals surface area contributed by atoms with Gasteiger partial charge < -0.3 is 0 Å². The van der Waals surface area contributed by atoms with Gasteiger partial charge in [-0.15, -0.1) is 5.10 Å². The largest absolute Gasteiger partial charge is 0.299 e. The van der Waals surface area contributed by atoms with Gasteiger partial charge in [-0.2, -0.15) is 5.10 Å². The highest BCUT2D eigenvalue weighted by Gasteiger charge is 2.60. The number of carbonyl (C=O) groups is 1. The van der Waals surface area contributed by atoms with E-state index in [-0.39, 0.29) is 16.7 Å². The van der Waals surface area contributed by atoms with E-state index in [4.69, 9.17) is 0 Å². The molecular formula is C23H29N3OS. The molecule has 28 heavy (non-hydrogen) atoms. The second-order valence-electron chi connectivity index (χ2n) is 9.33. The number of nitrogens with one attached hydrogen (secondary N) is 1. The quantitative estimate of drug-likeness (QED) is 0.537. The lowest BCUT2D eigenvalue weighted by Gasteiger charge is -2.34. The molecule has 1 saturated heterocycles. The average molecular weight is 396 g/mol. The zero-order valence-electron chi connectivity index (χ0n) is 17.4. The van der Waals surface area contributed by atoms with Crippen molar-refractivity contribution in [2.45, 2.75) is 59.8 Å². The van der Waals surface area contributed by atoms with Gasteiger partial charge in [0, 0.05) is 11.1 Å². The summed E-state index contributed by atoms with van der Waals surface area (Å²) >= 11 is 1.37. The number of rotatable bonds is 3. The molecule has 1 N–H and O–H groups in total. The van der Waals surface area contributed by atoms with Crippen LogP contribution < -0.4 is 5.32 Å². The van der Waals surface area contributed by atoms with Crippen LogP contribution in [0.2, 0.25) is 0 Å². The Morgan fingerprint density at radius 2 is 1.89 bits per heavy atom. The van der Waals surface area contributed by atoms with E-state index in [0.29, 0.717) is 21.9 Å². The molecule has 2 aliphatic carbocycles. The molecule has 2 atom stereocenters. The summed E-state index contributed by atoms with van der Waals surface area (Å²) in [6, 6.07) is 8.35. The molecule has 2 bridgehead atoms. The van der Waals surface area contributed by atoms with Crippen molar-refractivity contribution in [3.8, 4) is 0 Å². The molecule has 0 radical (unpaired) electrons. The Hall–Kier alpha value is -1.88. The summed E-state index contributed by atoms with van der Waals surface area (Å²) in [6.45, 7) is 11.4. The molecule has 4 rings (SSSR count). The number of hydrogen-bond acceptors (Lipinski definition) is 4. The molecule has 3 fully saturated rings. The third-order valence-electron chi connectivity index (χ3n) is 7.33. The van der Waals surface area contributed by atoms with Crippen LogP contribution in [0.3, 0.4) is 0 Å². The van der Waals surface area contributed by atoms with Gasteiger partial charge in [-0.05, 0) is 65.5 Å². The first-order chi connectivity index (χ1) is 13.2. The molecule has 0 spiro atoms. The molecule has 1 heterocycles. The molecule has 1 aromatic carbocycles. The summed E-state index contributed by atoms with van der Waals surface area (Å²) in [6.07, 6.45) is 5.42. The highest BCUT2D eigenvalue weighted by molar-refractivity contribution is 8.18. The van der Waals surface area contributed by atoms with Gasteiger partial charge in [0.05, 0.1) is 4.91 Å². The van der Waals surface area contributed by atoms with E-state index in [1.165, 1.54) is 35.9 Å². The minimum Gasteiger partial charge on any atom is -0.299 e. The minimum atomic E-state index is -0.101. The van der Waals surface area contributed by atoms with Gasteiger partial charge in [-0.25, -0.2) is 0 Å². The predicted molar refractivity (Wildman–Crippen MR) is 118 cm³/mol. The topological polar surface area (TPSA) is 53.8 Å². The minimum absolute atomic E-state index is 0.101. The van der Waals surface area contributed by atoms with Gasteiger partial charge in [0.15, 0.2) is 5.17 Å². The van der Waals surface area contributed by atoms with Crippen molar-refractivity contribution in [3.05, 3.63) is 40.3 Å². The SMILES string of the molecule is CC(C)c1ccc(/C=C2/S/C(=N\N=C3\C[C@H]4CC[C@]3(C)C4(C)C)NC2=O)cc1. The van der Waals surface area contributed by atoms with Crippen molar-refractivity contribution >= 4 is 34.6 Å². The van der Waals surface area contributed by atoms with E-state index >= 15 is 0 Å². The summed E-state index contributed by atoms with van der Waals surface area (Å²) in [5.74, 6) is 1.10. The number of carbonyl (C=O) groups excluding carboxylic acids is 1. The smallest absolute Gasteiger partial charge is 0.264 e. The van der Waals surface area contributed by atoms with E-state index in [0.717, 1.165) is 12.0 Å². The number of thioether (sulfide) groups is 1. The molecule has 2 saturated carbocycles. The van der Waals surface area contributed by atoms with Crippen molar-refractivity contribution in [2.75, 3.05) is 0 Å². The number of amides is 1. The van der Waals surface area contributed by atoms with Gasteiger partial charge >= 0.3 is 0 Å². The zero-order chi connectivity index (χ0) is 20.1. The van der Waals surface area contributed by atoms with E-state index in [2.05, 4.69) is 74.4 Å². The summed E-state index contributed by atoms with van der Waals surface area (Å²) < 4.78 is 0. The lowest BCUT2D eigenvalue weighted by molar-refractivity contribution is -0.115. The molecule has 0 aromatic heterocycles. The normalized spacial score (nSPS) is 32.9. The van der Waals surface area contributed by atoms with Crippen LogP contribution in [-0.4, -0.2) is 16.8 Å². The van der Waals surface area contributed by atoms with Crippen LogP contribution >= 0.6 is 11.8 Å². The van der Waals surface area contributed by atoms with Crippen LogP contribution in [0.4, 0.5) is 0 Å². The van der Waals surface area contributed by atoms with E-state index < -0.39 is 0 Å². The summed E-state index contributed by atoms with van der Waals surface area (Å²) in [5, 5.41) is 12.4. The van der Waals surface area contributed by atoms with Crippen molar-refractivity contribution in [2.24, 2.45) is 27.0 Å². The molecule has 4 nitrogen and oxygen atoms in total. The van der Waals surface area contributed by atoms with Crippen LogP contribution in [0.15, 0.2) is 39.4 Å². The average Bonchev–Trinajstić information content (AvgIpc) is 3.17. The first kappa shape index (κ1) is 19.4. The van der Waals surface area contributed by atoms with Gasteiger partial charge in [-0.1, -0.05) is 58.9 Å². The fraction of sp³-hybridized carbons (Fsp3) is 0.522. The van der Waals surface area contributed by atoms with Gasteiger partial charge in [0.25, 0.3) is 5.91 Å². The van der Waals surface area contributed by atoms with Crippen LogP contribution in [0.25, 0.3) is 6.08 Å². The van der Waals surface area contributed by atoms with Crippen LogP contribution in [0.5, 0.6) is 0 Å². The summed E-state index contributed by atoms with van der Waals surface area (Å²) in [5.41, 5.74) is 3.93. The molecule has 3 aliphatic rings. The number of benzene rings is 1. The fourth-order valence-electron chi connectivity index (χ4n) is 4.79. The first-order valence-electron chi connectivity index (χ1n) is 10.2. The maximum atomic E-state index is 12.3. The maximum absolute atomic E-state index is 12.3. The standard InChI is InChI=1S/C23H29N3OS/c1-14(2)16-8-6-15(7-9-16)12-18-20(27)24-21(28-18)26-25-19-13-17-10-11-23(19,5)22(17,3)4/h6-9,12,14,17H,10-11,13H2,1-5H3,(H,24,26,27)/b18-12+,25-19-/t17-,23+/m1/s1. The van der Waals surface area contributed by atoms with Gasteiger partial charge in [-0.3, -0.25) is 10.1 Å². The highest BCUT2D eigenvalue weighted by atomic mass is 32.2. The molecule has 148 valence electrons. The van der Waals surface area contributed by atoms with E-state index in [9.17, 15) is 4.79 Å². The lowest BCUT2D eigenvalue weighted by atomic mass is 9.70. The molecule has 1 aliphatic heterocycles. The van der Waals surface area contributed by atoms with E-state index in [1.807, 2.05) is 6.08 Å². The van der Waals surface area contributed by atoms with Crippen molar-refractivity contribution in [3.63, 3.8) is 0 Å². The maximum Gasteiger partial charge on any atom is 0.264 e. The number of nitrogens with zero attached hydrogens (tertiary/aromatic N) is 2. The second-order valence-corrected chi connectivity index (χ2v) is 10.4. The number of hydrogen-bond donors (Lipinski definition) is 1.